The molecule has 0 aliphatic carbocycles. The molecule has 70 valence electrons. The van der Waals surface area contributed by atoms with Gasteiger partial charge in [0.25, 0.3) is 0 Å². The summed E-state index contributed by atoms with van der Waals surface area (Å²) in [5.74, 6) is -0.206. The van der Waals surface area contributed by atoms with Gasteiger partial charge in [0.1, 0.15) is 6.61 Å². The zero-order chi connectivity index (χ0) is 9.14. The van der Waals surface area contributed by atoms with Crippen LogP contribution in [0.1, 0.15) is 13.3 Å². The highest BCUT2D eigenvalue weighted by Crippen LogP contribution is 2.18. The number of methoxy groups -OCH3 is 1. The first kappa shape index (κ1) is 9.48. The van der Waals surface area contributed by atoms with Crippen LogP contribution in [0.2, 0.25) is 0 Å². The van der Waals surface area contributed by atoms with Gasteiger partial charge in [0.05, 0.1) is 6.10 Å². The molecular weight excluding hydrogens is 158 g/mol. The zero-order valence-corrected chi connectivity index (χ0v) is 7.49. The summed E-state index contributed by atoms with van der Waals surface area (Å²) >= 11 is 0. The number of hydrogen-bond acceptors (Lipinski definition) is 3. The predicted octanol–water partition coefficient (Wildman–Crippen LogP) is -0.385. The maximum Gasteiger partial charge on any atom is 0.248 e. The van der Waals surface area contributed by atoms with Gasteiger partial charge in [-0.2, -0.15) is 0 Å². The summed E-state index contributed by atoms with van der Waals surface area (Å²) in [5, 5.41) is 8.64. The van der Waals surface area contributed by atoms with Crippen LogP contribution in [0.15, 0.2) is 0 Å². The minimum Gasteiger partial charge on any atom is -0.387 e. The number of nitrogens with zero attached hydrogens (tertiary/aromatic N) is 1. The van der Waals surface area contributed by atoms with Gasteiger partial charge in [-0.15, -0.1) is 0 Å². The molecule has 0 aromatic rings. The van der Waals surface area contributed by atoms with Crippen molar-refractivity contribution >= 4 is 5.91 Å². The minimum absolute atomic E-state index is 0.135. The van der Waals surface area contributed by atoms with Crippen LogP contribution in [0.5, 0.6) is 0 Å². The second-order valence-corrected chi connectivity index (χ2v) is 3.15. The monoisotopic (exact) mass is 173 g/mol. The van der Waals surface area contributed by atoms with E-state index in [1.165, 1.54) is 0 Å². The van der Waals surface area contributed by atoms with Gasteiger partial charge in [0, 0.05) is 19.7 Å². The van der Waals surface area contributed by atoms with Crippen LogP contribution in [-0.4, -0.2) is 48.3 Å². The first-order chi connectivity index (χ1) is 5.69. The van der Waals surface area contributed by atoms with E-state index < -0.39 is 6.61 Å². The quantitative estimate of drug-likeness (QED) is 0.619. The Morgan fingerprint density at radius 1 is 1.75 bits per heavy atom. The lowest BCUT2D eigenvalue weighted by Crippen LogP contribution is -2.36. The van der Waals surface area contributed by atoms with Crippen molar-refractivity contribution < 1.29 is 14.6 Å². The van der Waals surface area contributed by atoms with E-state index in [9.17, 15) is 4.79 Å². The van der Waals surface area contributed by atoms with Crippen molar-refractivity contribution in [1.82, 2.24) is 4.90 Å². The van der Waals surface area contributed by atoms with Gasteiger partial charge in [0.2, 0.25) is 5.91 Å². The molecule has 1 rings (SSSR count). The molecule has 1 N–H and O–H groups in total. The molecule has 0 saturated carbocycles. The molecular formula is C8H15NO3. The summed E-state index contributed by atoms with van der Waals surface area (Å²) in [6.07, 6.45) is 0.998. The fourth-order valence-electron chi connectivity index (χ4n) is 1.59. The maximum absolute atomic E-state index is 11.1. The standard InChI is InChI=1S/C8H15NO3/c1-6-3-7(12-2)4-9(6)8(11)5-10/h6-7,10H,3-5H2,1-2H3/t6-,7+/m1/s1. The van der Waals surface area contributed by atoms with Crippen molar-refractivity contribution in [3.05, 3.63) is 0 Å². The molecule has 12 heavy (non-hydrogen) atoms. The maximum atomic E-state index is 11.1. The largest absolute Gasteiger partial charge is 0.387 e. The van der Waals surface area contributed by atoms with Crippen LogP contribution in [0.3, 0.4) is 0 Å². The van der Waals surface area contributed by atoms with E-state index in [4.69, 9.17) is 9.84 Å². The summed E-state index contributed by atoms with van der Waals surface area (Å²) in [4.78, 5) is 12.8. The number of likely N-dealkylation sites (tertiary alicyclic amines) is 1. The van der Waals surface area contributed by atoms with Crippen molar-refractivity contribution in [2.45, 2.75) is 25.5 Å². The third-order valence-electron chi connectivity index (χ3n) is 2.33. The number of carbonyl (C=O) groups excluding carboxylic acids is 1. The smallest absolute Gasteiger partial charge is 0.248 e. The lowest BCUT2D eigenvalue weighted by Gasteiger charge is -2.19. The van der Waals surface area contributed by atoms with E-state index >= 15 is 0 Å². The van der Waals surface area contributed by atoms with Gasteiger partial charge < -0.3 is 14.7 Å². The fraction of sp³-hybridized carbons (Fsp3) is 0.875. The average molecular weight is 173 g/mol. The summed E-state index contributed by atoms with van der Waals surface area (Å²) < 4.78 is 5.13. The molecule has 1 saturated heterocycles. The molecule has 0 aromatic heterocycles. The number of ether oxygens (including phenoxy) is 1. The number of amides is 1. The SMILES string of the molecule is CO[C@H]1C[C@@H](C)N(C(=O)CO)C1. The molecule has 0 spiro atoms. The number of aliphatic hydroxyl groups excluding tert-OH is 1. The Balaban J connectivity index is 2.51. The highest BCUT2D eigenvalue weighted by molar-refractivity contribution is 5.77. The molecule has 1 amide bonds. The van der Waals surface area contributed by atoms with Crippen LogP contribution < -0.4 is 0 Å². The first-order valence-electron chi connectivity index (χ1n) is 4.12. The number of aliphatic hydroxyl groups is 1. The van der Waals surface area contributed by atoms with E-state index in [0.717, 1.165) is 6.42 Å². The van der Waals surface area contributed by atoms with E-state index in [0.29, 0.717) is 6.54 Å². The van der Waals surface area contributed by atoms with E-state index in [1.807, 2.05) is 6.92 Å². The Hall–Kier alpha value is -0.610. The van der Waals surface area contributed by atoms with E-state index in [2.05, 4.69) is 0 Å². The average Bonchev–Trinajstić information content (AvgIpc) is 2.45. The lowest BCUT2D eigenvalue weighted by atomic mass is 10.2. The zero-order valence-electron chi connectivity index (χ0n) is 7.49. The van der Waals surface area contributed by atoms with Crippen molar-refractivity contribution in [1.29, 1.82) is 0 Å². The highest BCUT2D eigenvalue weighted by atomic mass is 16.5. The number of rotatable bonds is 2. The minimum atomic E-state index is -0.402. The Labute approximate surface area is 72.1 Å². The summed E-state index contributed by atoms with van der Waals surface area (Å²) in [6, 6.07) is 0.189. The van der Waals surface area contributed by atoms with Gasteiger partial charge in [-0.25, -0.2) is 0 Å². The Bertz CT molecular complexity index is 172. The molecule has 4 heteroatoms. The van der Waals surface area contributed by atoms with E-state index in [-0.39, 0.29) is 18.1 Å². The molecule has 0 radical (unpaired) electrons. The van der Waals surface area contributed by atoms with Gasteiger partial charge >= 0.3 is 0 Å². The van der Waals surface area contributed by atoms with Gasteiger partial charge in [-0.05, 0) is 13.3 Å². The van der Waals surface area contributed by atoms with Crippen LogP contribution in [0, 0.1) is 0 Å². The van der Waals surface area contributed by atoms with Crippen molar-refractivity contribution in [2.24, 2.45) is 0 Å². The van der Waals surface area contributed by atoms with Crippen LogP contribution in [-0.2, 0) is 9.53 Å². The Kier molecular flexibility index (Phi) is 3.05. The lowest BCUT2D eigenvalue weighted by molar-refractivity contribution is -0.135. The molecule has 0 bridgehead atoms. The second kappa shape index (κ2) is 3.87. The third kappa shape index (κ3) is 1.76. The van der Waals surface area contributed by atoms with Crippen molar-refractivity contribution in [2.75, 3.05) is 20.3 Å². The Morgan fingerprint density at radius 2 is 2.42 bits per heavy atom. The predicted molar refractivity (Wildman–Crippen MR) is 43.7 cm³/mol. The van der Waals surface area contributed by atoms with Crippen LogP contribution in [0.25, 0.3) is 0 Å². The van der Waals surface area contributed by atoms with Gasteiger partial charge in [-0.1, -0.05) is 0 Å². The summed E-state index contributed by atoms with van der Waals surface area (Å²) in [7, 11) is 1.64. The van der Waals surface area contributed by atoms with Crippen molar-refractivity contribution in [3.63, 3.8) is 0 Å². The highest BCUT2D eigenvalue weighted by Gasteiger charge is 2.31. The second-order valence-electron chi connectivity index (χ2n) is 3.15. The molecule has 1 fully saturated rings. The molecule has 1 aliphatic heterocycles. The number of hydrogen-bond donors (Lipinski definition) is 1. The first-order valence-corrected chi connectivity index (χ1v) is 4.12. The van der Waals surface area contributed by atoms with Gasteiger partial charge in [0.15, 0.2) is 0 Å². The third-order valence-corrected chi connectivity index (χ3v) is 2.33. The Morgan fingerprint density at radius 3 is 2.83 bits per heavy atom. The van der Waals surface area contributed by atoms with E-state index in [1.54, 1.807) is 12.0 Å². The fourth-order valence-corrected chi connectivity index (χ4v) is 1.59. The van der Waals surface area contributed by atoms with Crippen molar-refractivity contribution in [3.8, 4) is 0 Å². The number of carbonyl (C=O) groups is 1. The summed E-state index contributed by atoms with van der Waals surface area (Å²) in [6.45, 7) is 2.17. The van der Waals surface area contributed by atoms with Crippen LogP contribution in [0.4, 0.5) is 0 Å². The topological polar surface area (TPSA) is 49.8 Å². The normalized spacial score (nSPS) is 29.4. The molecule has 0 aromatic carbocycles. The molecule has 1 aliphatic rings. The molecule has 4 nitrogen and oxygen atoms in total. The molecule has 2 atom stereocenters. The van der Waals surface area contributed by atoms with Gasteiger partial charge in [-0.3, -0.25) is 4.79 Å². The summed E-state index contributed by atoms with van der Waals surface area (Å²) in [5.41, 5.74) is 0. The molecule has 1 heterocycles. The van der Waals surface area contributed by atoms with Crippen LogP contribution >= 0.6 is 0 Å². The molecule has 0 unspecified atom stereocenters.